The van der Waals surface area contributed by atoms with E-state index in [1.54, 1.807) is 11.0 Å². The fraction of sp³-hybridized carbons (Fsp3) is 0.154. The van der Waals surface area contributed by atoms with Crippen LogP contribution in [-0.2, 0) is 13.6 Å². The second-order valence-electron chi connectivity index (χ2n) is 4.38. The topological polar surface area (TPSA) is 61.7 Å². The number of thiocarbonyl (C=S) groups is 1. The molecule has 0 spiro atoms. The van der Waals surface area contributed by atoms with Crippen molar-refractivity contribution < 1.29 is 0 Å². The zero-order chi connectivity index (χ0) is 13.4. The minimum atomic E-state index is 0.419. The van der Waals surface area contributed by atoms with Gasteiger partial charge in [0, 0.05) is 29.7 Å². The van der Waals surface area contributed by atoms with E-state index in [4.69, 9.17) is 18.0 Å². The van der Waals surface area contributed by atoms with Gasteiger partial charge in [0.2, 0.25) is 0 Å². The smallest absolute Gasteiger partial charge is 0.146 e. The number of hydrogen-bond donors (Lipinski definition) is 1. The lowest BCUT2D eigenvalue weighted by Gasteiger charge is -2.05. The molecule has 6 heteroatoms. The summed E-state index contributed by atoms with van der Waals surface area (Å²) >= 11 is 4.99. The molecule has 0 aliphatic rings. The molecule has 0 saturated heterocycles. The zero-order valence-corrected chi connectivity index (χ0v) is 11.3. The maximum Gasteiger partial charge on any atom is 0.146 e. The van der Waals surface area contributed by atoms with Gasteiger partial charge in [-0.25, -0.2) is 4.98 Å². The molecule has 2 heterocycles. The lowest BCUT2D eigenvalue weighted by atomic mass is 10.1. The maximum atomic E-state index is 5.64. The van der Waals surface area contributed by atoms with Crippen LogP contribution in [0.2, 0.25) is 0 Å². The summed E-state index contributed by atoms with van der Waals surface area (Å²) in [7, 11) is 1.89. The first-order valence-corrected chi connectivity index (χ1v) is 6.27. The van der Waals surface area contributed by atoms with Gasteiger partial charge >= 0.3 is 0 Å². The molecule has 1 aromatic carbocycles. The van der Waals surface area contributed by atoms with Crippen LogP contribution in [0.3, 0.4) is 0 Å². The summed E-state index contributed by atoms with van der Waals surface area (Å²) in [6, 6.07) is 8.02. The third kappa shape index (κ3) is 2.10. The monoisotopic (exact) mass is 271 g/mol. The predicted molar refractivity (Wildman–Crippen MR) is 77.9 cm³/mol. The van der Waals surface area contributed by atoms with E-state index in [0.717, 1.165) is 22.3 Å². The molecule has 96 valence electrons. The molecule has 5 nitrogen and oxygen atoms in total. The molecule has 0 saturated carbocycles. The Hall–Kier alpha value is -2.21. The molecular weight excluding hydrogens is 258 g/mol. The summed E-state index contributed by atoms with van der Waals surface area (Å²) in [4.78, 5) is 4.65. The zero-order valence-electron chi connectivity index (χ0n) is 10.4. The van der Waals surface area contributed by atoms with E-state index in [-0.39, 0.29) is 0 Å². The molecule has 2 N–H and O–H groups in total. The third-order valence-corrected chi connectivity index (χ3v) is 3.41. The summed E-state index contributed by atoms with van der Waals surface area (Å²) < 4.78 is 3.90. The van der Waals surface area contributed by atoms with E-state index in [1.807, 2.05) is 37.5 Å². The Morgan fingerprint density at radius 1 is 1.37 bits per heavy atom. The Morgan fingerprint density at radius 3 is 2.89 bits per heavy atom. The number of nitrogens with zero attached hydrogens (tertiary/aromatic N) is 4. The SMILES string of the molecule is Cn1ncnc1Cn1ccc2cc(C(N)=S)ccc21. The van der Waals surface area contributed by atoms with E-state index >= 15 is 0 Å². The van der Waals surface area contributed by atoms with Crippen LogP contribution in [0.25, 0.3) is 10.9 Å². The van der Waals surface area contributed by atoms with Crippen molar-refractivity contribution in [3.8, 4) is 0 Å². The molecule has 0 amide bonds. The Kier molecular flexibility index (Phi) is 2.79. The molecule has 0 unspecified atom stereocenters. The summed E-state index contributed by atoms with van der Waals surface area (Å²) in [6.45, 7) is 0.687. The first-order chi connectivity index (χ1) is 9.15. The number of hydrogen-bond acceptors (Lipinski definition) is 3. The largest absolute Gasteiger partial charge is 0.389 e. The Bertz CT molecular complexity index is 755. The molecule has 2 aromatic heterocycles. The van der Waals surface area contributed by atoms with Crippen molar-refractivity contribution in [3.63, 3.8) is 0 Å². The molecule has 0 aliphatic heterocycles. The molecule has 19 heavy (non-hydrogen) atoms. The Morgan fingerprint density at radius 2 is 2.21 bits per heavy atom. The average molecular weight is 271 g/mol. The van der Waals surface area contributed by atoms with Gasteiger partial charge in [-0.15, -0.1) is 0 Å². The van der Waals surface area contributed by atoms with Gasteiger partial charge in [-0.05, 0) is 24.3 Å². The second kappa shape index (κ2) is 4.47. The van der Waals surface area contributed by atoms with E-state index in [1.165, 1.54) is 0 Å². The molecule has 0 aliphatic carbocycles. The number of aryl methyl sites for hydroxylation is 1. The molecule has 3 aromatic rings. The van der Waals surface area contributed by atoms with Crippen molar-refractivity contribution in [2.75, 3.05) is 0 Å². The highest BCUT2D eigenvalue weighted by Crippen LogP contribution is 2.18. The van der Waals surface area contributed by atoms with Gasteiger partial charge in [-0.2, -0.15) is 5.10 Å². The van der Waals surface area contributed by atoms with Gasteiger partial charge < -0.3 is 10.3 Å². The standard InChI is InChI=1S/C13H13N5S/c1-17-12(15-8-16-17)7-18-5-4-9-6-10(13(14)19)2-3-11(9)18/h2-6,8H,7H2,1H3,(H2,14,19). The Balaban J connectivity index is 2.02. The van der Waals surface area contributed by atoms with Crippen LogP contribution in [0.4, 0.5) is 0 Å². The molecule has 0 fully saturated rings. The van der Waals surface area contributed by atoms with Crippen LogP contribution in [0.1, 0.15) is 11.4 Å². The predicted octanol–water partition coefficient (Wildman–Crippen LogP) is 1.45. The van der Waals surface area contributed by atoms with E-state index in [2.05, 4.69) is 14.6 Å². The lowest BCUT2D eigenvalue weighted by molar-refractivity contribution is 0.664. The number of fused-ring (bicyclic) bond motifs is 1. The van der Waals surface area contributed by atoms with Gasteiger partial charge in [-0.1, -0.05) is 12.2 Å². The third-order valence-electron chi connectivity index (χ3n) is 3.17. The van der Waals surface area contributed by atoms with Crippen LogP contribution in [0, 0.1) is 0 Å². The van der Waals surface area contributed by atoms with Crippen molar-refractivity contribution in [1.82, 2.24) is 19.3 Å². The van der Waals surface area contributed by atoms with Gasteiger partial charge in [-0.3, -0.25) is 4.68 Å². The molecule has 0 bridgehead atoms. The maximum absolute atomic E-state index is 5.64. The summed E-state index contributed by atoms with van der Waals surface area (Å²) in [5.74, 6) is 0.913. The van der Waals surface area contributed by atoms with Crippen LogP contribution in [0.5, 0.6) is 0 Å². The minimum Gasteiger partial charge on any atom is -0.389 e. The molecule has 3 rings (SSSR count). The van der Waals surface area contributed by atoms with Crippen LogP contribution >= 0.6 is 12.2 Å². The van der Waals surface area contributed by atoms with Crippen molar-refractivity contribution >= 4 is 28.1 Å². The van der Waals surface area contributed by atoms with Gasteiger partial charge in [0.1, 0.15) is 17.1 Å². The molecule has 0 radical (unpaired) electrons. The quantitative estimate of drug-likeness (QED) is 0.732. The number of nitrogens with two attached hydrogens (primary N) is 1. The summed E-state index contributed by atoms with van der Waals surface area (Å²) in [6.07, 6.45) is 3.59. The summed E-state index contributed by atoms with van der Waals surface area (Å²) in [5, 5.41) is 5.19. The van der Waals surface area contributed by atoms with Crippen molar-refractivity contribution in [3.05, 3.63) is 48.2 Å². The first-order valence-electron chi connectivity index (χ1n) is 5.87. The fourth-order valence-corrected chi connectivity index (χ4v) is 2.23. The number of benzene rings is 1. The number of aromatic nitrogens is 4. The second-order valence-corrected chi connectivity index (χ2v) is 4.82. The highest BCUT2D eigenvalue weighted by Gasteiger charge is 2.06. The normalized spacial score (nSPS) is 11.0. The Labute approximate surface area is 115 Å². The van der Waals surface area contributed by atoms with Crippen LogP contribution < -0.4 is 5.73 Å². The van der Waals surface area contributed by atoms with Crippen molar-refractivity contribution in [1.29, 1.82) is 0 Å². The molecular formula is C13H13N5S. The van der Waals surface area contributed by atoms with Gasteiger partial charge in [0.15, 0.2) is 0 Å². The van der Waals surface area contributed by atoms with Crippen LogP contribution in [-0.4, -0.2) is 24.3 Å². The van der Waals surface area contributed by atoms with Crippen molar-refractivity contribution in [2.24, 2.45) is 12.8 Å². The molecule has 0 atom stereocenters. The average Bonchev–Trinajstić information content (AvgIpc) is 2.97. The lowest BCUT2D eigenvalue weighted by Crippen LogP contribution is -2.09. The highest BCUT2D eigenvalue weighted by atomic mass is 32.1. The highest BCUT2D eigenvalue weighted by molar-refractivity contribution is 7.80. The van der Waals surface area contributed by atoms with Gasteiger partial charge in [0.25, 0.3) is 0 Å². The van der Waals surface area contributed by atoms with E-state index < -0.39 is 0 Å². The van der Waals surface area contributed by atoms with Crippen molar-refractivity contribution in [2.45, 2.75) is 6.54 Å². The van der Waals surface area contributed by atoms with Gasteiger partial charge in [0.05, 0.1) is 6.54 Å². The minimum absolute atomic E-state index is 0.419. The fourth-order valence-electron chi connectivity index (χ4n) is 2.11. The van der Waals surface area contributed by atoms with E-state index in [9.17, 15) is 0 Å². The summed E-state index contributed by atoms with van der Waals surface area (Å²) in [5.41, 5.74) is 7.66. The number of rotatable bonds is 3. The first kappa shape index (κ1) is 11.9. The van der Waals surface area contributed by atoms with E-state index in [0.29, 0.717) is 11.5 Å². The van der Waals surface area contributed by atoms with Crippen LogP contribution in [0.15, 0.2) is 36.8 Å².